The van der Waals surface area contributed by atoms with Crippen molar-refractivity contribution in [2.45, 2.75) is 64.4 Å². The minimum atomic E-state index is -4.16. The van der Waals surface area contributed by atoms with Crippen molar-refractivity contribution in [1.82, 2.24) is 0 Å². The van der Waals surface area contributed by atoms with Crippen molar-refractivity contribution in [3.05, 3.63) is 60.8 Å². The van der Waals surface area contributed by atoms with E-state index < -0.39 is 13.9 Å². The summed E-state index contributed by atoms with van der Waals surface area (Å²) >= 11 is 0. The van der Waals surface area contributed by atoms with Crippen molar-refractivity contribution in [3.8, 4) is 0 Å². The second-order valence-electron chi connectivity index (χ2n) is 9.54. The topological polar surface area (TPSA) is 85.2 Å². The molecule has 2 unspecified atom stereocenters. The van der Waals surface area contributed by atoms with Crippen molar-refractivity contribution >= 4 is 7.82 Å². The first-order valence-electron chi connectivity index (χ1n) is 13.1. The number of ether oxygens (including phenoxy) is 1. The monoisotopic (exact) mass is 528 g/mol. The van der Waals surface area contributed by atoms with Gasteiger partial charge in [0.05, 0.1) is 34.4 Å². The van der Waals surface area contributed by atoms with Crippen LogP contribution in [-0.4, -0.2) is 74.7 Å². The molecule has 0 aliphatic heterocycles. The van der Waals surface area contributed by atoms with Gasteiger partial charge in [0, 0.05) is 6.61 Å². The number of nitrogens with zero attached hydrogens (tertiary/aromatic N) is 1. The van der Waals surface area contributed by atoms with E-state index in [-0.39, 0.29) is 19.8 Å². The predicted octanol–water partition coefficient (Wildman–Crippen LogP) is 6.13. The molecule has 208 valence electrons. The Balaban J connectivity index is 3.62. The van der Waals surface area contributed by atoms with Crippen LogP contribution >= 0.6 is 7.82 Å². The molecule has 0 aromatic heterocycles. The smallest absolute Gasteiger partial charge is 0.388 e. The Hall–Kier alpha value is -1.31. The minimum Gasteiger partial charge on any atom is -0.388 e. The Morgan fingerprint density at radius 3 is 1.81 bits per heavy atom. The van der Waals surface area contributed by atoms with Crippen LogP contribution in [0.5, 0.6) is 0 Å². The van der Waals surface area contributed by atoms with Crippen LogP contribution in [0.3, 0.4) is 0 Å². The zero-order valence-corrected chi connectivity index (χ0v) is 23.9. The molecule has 7 nitrogen and oxygen atoms in total. The predicted molar refractivity (Wildman–Crippen MR) is 150 cm³/mol. The molecule has 0 fully saturated rings. The average molecular weight is 529 g/mol. The highest BCUT2D eigenvalue weighted by atomic mass is 31.2. The Morgan fingerprint density at radius 1 is 0.750 bits per heavy atom. The molecular formula is C28H51NO6P+. The van der Waals surface area contributed by atoms with E-state index in [1.807, 2.05) is 21.1 Å². The van der Waals surface area contributed by atoms with E-state index in [1.165, 1.54) is 0 Å². The summed E-state index contributed by atoms with van der Waals surface area (Å²) in [5, 5.41) is 9.85. The summed E-state index contributed by atoms with van der Waals surface area (Å²) in [6.07, 6.45) is 28.8. The average Bonchev–Trinajstić information content (AvgIpc) is 2.80. The number of likely N-dealkylation sites (N-methyl/N-ethyl adjacent to an activating group) is 1. The van der Waals surface area contributed by atoms with Gasteiger partial charge in [0.15, 0.2) is 0 Å². The van der Waals surface area contributed by atoms with Gasteiger partial charge in [-0.1, -0.05) is 67.7 Å². The molecule has 36 heavy (non-hydrogen) atoms. The summed E-state index contributed by atoms with van der Waals surface area (Å²) in [6.45, 7) is 3.09. The molecule has 0 aliphatic rings. The van der Waals surface area contributed by atoms with E-state index in [0.29, 0.717) is 17.6 Å². The van der Waals surface area contributed by atoms with Crippen LogP contribution < -0.4 is 0 Å². The molecule has 0 amide bonds. The van der Waals surface area contributed by atoms with Gasteiger partial charge in [-0.2, -0.15) is 0 Å². The molecule has 0 heterocycles. The van der Waals surface area contributed by atoms with Crippen LogP contribution in [0.2, 0.25) is 0 Å². The first-order valence-corrected chi connectivity index (χ1v) is 14.6. The van der Waals surface area contributed by atoms with Gasteiger partial charge in [0.2, 0.25) is 0 Å². The second kappa shape index (κ2) is 22.9. The van der Waals surface area contributed by atoms with Crippen molar-refractivity contribution in [2.75, 3.05) is 54.1 Å². The van der Waals surface area contributed by atoms with Gasteiger partial charge in [0.1, 0.15) is 19.3 Å². The molecule has 0 radical (unpaired) electrons. The van der Waals surface area contributed by atoms with Crippen LogP contribution in [0, 0.1) is 0 Å². The fourth-order valence-electron chi connectivity index (χ4n) is 2.75. The molecule has 0 aliphatic carbocycles. The highest BCUT2D eigenvalue weighted by Crippen LogP contribution is 2.43. The minimum absolute atomic E-state index is 0.0561. The third-order valence-electron chi connectivity index (χ3n) is 4.82. The molecule has 8 heteroatoms. The highest BCUT2D eigenvalue weighted by molar-refractivity contribution is 7.47. The van der Waals surface area contributed by atoms with E-state index in [2.05, 4.69) is 67.7 Å². The molecule has 0 bridgehead atoms. The van der Waals surface area contributed by atoms with Gasteiger partial charge in [-0.3, -0.25) is 9.05 Å². The number of allylic oxidation sites excluding steroid dienone is 10. The van der Waals surface area contributed by atoms with E-state index in [0.717, 1.165) is 51.4 Å². The van der Waals surface area contributed by atoms with Crippen LogP contribution in [-0.2, 0) is 18.3 Å². The summed E-state index contributed by atoms with van der Waals surface area (Å²) in [6, 6.07) is 0. The number of phosphoric acid groups is 1. The summed E-state index contributed by atoms with van der Waals surface area (Å²) in [4.78, 5) is 9.64. The largest absolute Gasteiger partial charge is 0.472 e. The number of phosphoric ester groups is 1. The van der Waals surface area contributed by atoms with Crippen molar-refractivity contribution in [3.63, 3.8) is 0 Å². The zero-order chi connectivity index (χ0) is 27.0. The SMILES string of the molecule is CC/C=C\C/C=C\C/C=C\C/C=C\C/C=C\CCCCOCC(O)COP(=O)(O)OCC[N+](C)(C)C. The fraction of sp³-hybridized carbons (Fsp3) is 0.643. The molecule has 0 rings (SSSR count). The highest BCUT2D eigenvalue weighted by Gasteiger charge is 2.24. The molecule has 2 atom stereocenters. The van der Waals surface area contributed by atoms with Crippen LogP contribution in [0.25, 0.3) is 0 Å². The molecule has 0 aromatic carbocycles. The van der Waals surface area contributed by atoms with Crippen LogP contribution in [0.15, 0.2) is 60.8 Å². The number of rotatable bonds is 23. The van der Waals surface area contributed by atoms with Gasteiger partial charge in [-0.25, -0.2) is 4.57 Å². The van der Waals surface area contributed by atoms with E-state index >= 15 is 0 Å². The van der Waals surface area contributed by atoms with Crippen molar-refractivity contribution < 1.29 is 32.8 Å². The summed E-state index contributed by atoms with van der Waals surface area (Å²) in [5.74, 6) is 0. The molecule has 0 spiro atoms. The Morgan fingerprint density at radius 2 is 1.28 bits per heavy atom. The first-order chi connectivity index (χ1) is 17.2. The maximum Gasteiger partial charge on any atom is 0.472 e. The first kappa shape index (κ1) is 34.7. The Labute approximate surface area is 220 Å². The molecular weight excluding hydrogens is 477 g/mol. The molecule has 0 aromatic rings. The van der Waals surface area contributed by atoms with E-state index in [9.17, 15) is 14.6 Å². The van der Waals surface area contributed by atoms with Crippen molar-refractivity contribution in [1.29, 1.82) is 0 Å². The quantitative estimate of drug-likeness (QED) is 0.0719. The zero-order valence-electron chi connectivity index (χ0n) is 23.0. The van der Waals surface area contributed by atoms with Gasteiger partial charge >= 0.3 is 7.82 Å². The fourth-order valence-corrected chi connectivity index (χ4v) is 3.50. The Bertz CT molecular complexity index is 709. The lowest BCUT2D eigenvalue weighted by atomic mass is 10.2. The lowest BCUT2D eigenvalue weighted by molar-refractivity contribution is -0.870. The number of aliphatic hydroxyl groups excluding tert-OH is 1. The Kier molecular flexibility index (Phi) is 22.0. The molecule has 0 saturated heterocycles. The van der Waals surface area contributed by atoms with Crippen LogP contribution in [0.4, 0.5) is 0 Å². The number of unbranched alkanes of at least 4 members (excludes halogenated alkanes) is 2. The van der Waals surface area contributed by atoms with Gasteiger partial charge in [0.25, 0.3) is 0 Å². The second-order valence-corrected chi connectivity index (χ2v) is 11.0. The summed E-state index contributed by atoms with van der Waals surface area (Å²) in [5.41, 5.74) is 0. The summed E-state index contributed by atoms with van der Waals surface area (Å²) < 4.78 is 27.6. The van der Waals surface area contributed by atoms with E-state index in [4.69, 9.17) is 13.8 Å². The maximum absolute atomic E-state index is 11.8. The normalized spacial score (nSPS) is 15.8. The lowest BCUT2D eigenvalue weighted by Gasteiger charge is -2.24. The number of hydrogen-bond donors (Lipinski definition) is 2. The third-order valence-corrected chi connectivity index (χ3v) is 5.81. The van der Waals surface area contributed by atoms with E-state index in [1.54, 1.807) is 0 Å². The van der Waals surface area contributed by atoms with Crippen molar-refractivity contribution in [2.24, 2.45) is 0 Å². The molecule has 0 saturated carbocycles. The van der Waals surface area contributed by atoms with Crippen LogP contribution in [0.1, 0.15) is 58.3 Å². The number of quaternary nitrogens is 1. The molecule has 2 N–H and O–H groups in total. The summed E-state index contributed by atoms with van der Waals surface area (Å²) in [7, 11) is 1.71. The lowest BCUT2D eigenvalue weighted by Crippen LogP contribution is -2.37. The van der Waals surface area contributed by atoms with Gasteiger partial charge in [-0.05, 0) is 51.4 Å². The standard InChI is InChI=1S/C28H50NO6P/c1-5-6-7-8-9-10-11-12-13-14-15-16-17-18-19-20-21-22-24-33-26-28(30)27-35-36(31,32)34-25-23-29(2,3)4/h6-7,9-10,12-13,15-16,18-19,28,30H,5,8,11,14,17,20-27H2,1-4H3/p+1/b7-6-,10-9-,13-12-,16-15-,19-18-. The number of aliphatic hydroxyl groups is 1. The van der Waals surface area contributed by atoms with Gasteiger partial charge in [-0.15, -0.1) is 0 Å². The van der Waals surface area contributed by atoms with Gasteiger partial charge < -0.3 is 19.2 Å². The third kappa shape index (κ3) is 27.3. The number of hydrogen-bond acceptors (Lipinski definition) is 5. The maximum atomic E-state index is 11.8.